The zero-order valence-corrected chi connectivity index (χ0v) is 13.1. The second kappa shape index (κ2) is 6.25. The average Bonchev–Trinajstić information content (AvgIpc) is 2.33. The predicted octanol–water partition coefficient (Wildman–Crippen LogP) is 4.90. The van der Waals surface area contributed by atoms with Crippen molar-refractivity contribution in [3.8, 4) is 0 Å². The summed E-state index contributed by atoms with van der Waals surface area (Å²) < 4.78 is 1.02. The topological polar surface area (TPSA) is 41.1 Å². The average molecular weight is 387 g/mol. The van der Waals surface area contributed by atoms with E-state index in [-0.39, 0.29) is 6.03 Å². The van der Waals surface area contributed by atoms with Crippen LogP contribution in [-0.4, -0.2) is 6.03 Å². The first-order chi connectivity index (χ1) is 9.04. The van der Waals surface area contributed by atoms with Gasteiger partial charge in [-0.25, -0.2) is 4.79 Å². The third-order valence-electron chi connectivity index (χ3n) is 2.46. The molecule has 19 heavy (non-hydrogen) atoms. The Morgan fingerprint density at radius 2 is 1.95 bits per heavy atom. The van der Waals surface area contributed by atoms with Crippen LogP contribution in [0, 0.1) is 10.5 Å². The van der Waals surface area contributed by atoms with Crippen molar-refractivity contribution in [3.05, 3.63) is 56.6 Å². The number of carbonyl (C=O) groups is 1. The third-order valence-corrected chi connectivity index (χ3v) is 3.44. The zero-order chi connectivity index (χ0) is 13.8. The van der Waals surface area contributed by atoms with Crippen molar-refractivity contribution in [3.63, 3.8) is 0 Å². The van der Waals surface area contributed by atoms with Crippen molar-refractivity contribution in [2.24, 2.45) is 0 Å². The molecule has 0 fully saturated rings. The van der Waals surface area contributed by atoms with E-state index in [4.69, 9.17) is 11.6 Å². The van der Waals surface area contributed by atoms with Gasteiger partial charge in [-0.15, -0.1) is 0 Å². The van der Waals surface area contributed by atoms with Gasteiger partial charge in [0, 0.05) is 9.26 Å². The largest absolute Gasteiger partial charge is 0.323 e. The van der Waals surface area contributed by atoms with Crippen molar-refractivity contribution >= 4 is 51.6 Å². The Labute approximate surface area is 130 Å². The summed E-state index contributed by atoms with van der Waals surface area (Å²) in [6.07, 6.45) is 0. The second-order valence-electron chi connectivity index (χ2n) is 4.07. The van der Waals surface area contributed by atoms with Gasteiger partial charge in [-0.05, 0) is 65.4 Å². The highest BCUT2D eigenvalue weighted by Gasteiger charge is 2.06. The van der Waals surface area contributed by atoms with Crippen molar-refractivity contribution in [2.75, 3.05) is 10.6 Å². The van der Waals surface area contributed by atoms with E-state index >= 15 is 0 Å². The number of aryl methyl sites for hydroxylation is 1. The van der Waals surface area contributed by atoms with Crippen LogP contribution in [0.15, 0.2) is 42.5 Å². The summed E-state index contributed by atoms with van der Waals surface area (Å²) in [5.41, 5.74) is 2.43. The van der Waals surface area contributed by atoms with Crippen molar-refractivity contribution < 1.29 is 4.79 Å². The molecule has 0 aliphatic heterocycles. The third kappa shape index (κ3) is 4.11. The molecule has 2 aromatic carbocycles. The molecule has 98 valence electrons. The maximum Gasteiger partial charge on any atom is 0.323 e. The van der Waals surface area contributed by atoms with Gasteiger partial charge in [0.1, 0.15) is 0 Å². The maximum absolute atomic E-state index is 11.8. The zero-order valence-electron chi connectivity index (χ0n) is 10.2. The molecule has 0 aromatic heterocycles. The fraction of sp³-hybridized carbons (Fsp3) is 0.0714. The first kappa shape index (κ1) is 14.1. The number of carbonyl (C=O) groups excluding carboxylic acids is 1. The van der Waals surface area contributed by atoms with Crippen LogP contribution in [0.5, 0.6) is 0 Å². The lowest BCUT2D eigenvalue weighted by Gasteiger charge is -2.09. The highest BCUT2D eigenvalue weighted by molar-refractivity contribution is 14.1. The molecule has 5 heteroatoms. The summed E-state index contributed by atoms with van der Waals surface area (Å²) in [7, 11) is 0. The number of rotatable bonds is 2. The number of benzene rings is 2. The summed E-state index contributed by atoms with van der Waals surface area (Å²) in [6, 6.07) is 12.7. The highest BCUT2D eigenvalue weighted by atomic mass is 127. The molecule has 2 N–H and O–H groups in total. The van der Waals surface area contributed by atoms with Gasteiger partial charge in [-0.2, -0.15) is 0 Å². The minimum absolute atomic E-state index is 0.311. The summed E-state index contributed by atoms with van der Waals surface area (Å²) in [5.74, 6) is 0. The molecule has 0 unspecified atom stereocenters. The Morgan fingerprint density at radius 3 is 2.63 bits per heavy atom. The van der Waals surface area contributed by atoms with E-state index < -0.39 is 0 Å². The van der Waals surface area contributed by atoms with E-state index in [2.05, 4.69) is 33.2 Å². The van der Waals surface area contributed by atoms with Gasteiger partial charge in [0.2, 0.25) is 0 Å². The van der Waals surface area contributed by atoms with Crippen LogP contribution < -0.4 is 10.6 Å². The van der Waals surface area contributed by atoms with Gasteiger partial charge in [0.25, 0.3) is 0 Å². The monoisotopic (exact) mass is 386 g/mol. The number of amides is 2. The van der Waals surface area contributed by atoms with E-state index in [9.17, 15) is 4.79 Å². The quantitative estimate of drug-likeness (QED) is 0.708. The molecule has 0 aliphatic rings. The number of urea groups is 1. The van der Waals surface area contributed by atoms with Crippen LogP contribution in [0.3, 0.4) is 0 Å². The van der Waals surface area contributed by atoms with Gasteiger partial charge in [-0.3, -0.25) is 0 Å². The van der Waals surface area contributed by atoms with Crippen LogP contribution >= 0.6 is 34.2 Å². The molecule has 2 amide bonds. The normalized spacial score (nSPS) is 10.1. The number of hydrogen-bond donors (Lipinski definition) is 2. The first-order valence-electron chi connectivity index (χ1n) is 5.64. The van der Waals surface area contributed by atoms with Crippen molar-refractivity contribution in [1.29, 1.82) is 0 Å². The minimum Gasteiger partial charge on any atom is -0.308 e. The van der Waals surface area contributed by atoms with Gasteiger partial charge in [-0.1, -0.05) is 23.7 Å². The predicted molar refractivity (Wildman–Crippen MR) is 88.0 cm³/mol. The second-order valence-corrected chi connectivity index (χ2v) is 5.73. The molecule has 0 aliphatic carbocycles. The Bertz CT molecular complexity index is 616. The Kier molecular flexibility index (Phi) is 4.66. The molecule has 0 saturated heterocycles. The minimum atomic E-state index is -0.311. The van der Waals surface area contributed by atoms with Crippen LogP contribution in [0.4, 0.5) is 16.2 Å². The van der Waals surface area contributed by atoms with Gasteiger partial charge < -0.3 is 10.6 Å². The SMILES string of the molecule is Cc1cccc(NC(=O)Nc2ccc(I)cc2Cl)c1. The van der Waals surface area contributed by atoms with E-state index in [0.717, 1.165) is 14.8 Å². The van der Waals surface area contributed by atoms with Crippen LogP contribution in [-0.2, 0) is 0 Å². The number of nitrogens with one attached hydrogen (secondary N) is 2. The van der Waals surface area contributed by atoms with Gasteiger partial charge >= 0.3 is 6.03 Å². The summed E-state index contributed by atoms with van der Waals surface area (Å²) in [5, 5.41) is 6.00. The molecule has 0 radical (unpaired) electrons. The summed E-state index contributed by atoms with van der Waals surface area (Å²) >= 11 is 8.22. The van der Waals surface area contributed by atoms with E-state index in [1.54, 1.807) is 12.1 Å². The molecule has 2 rings (SSSR count). The number of hydrogen-bond acceptors (Lipinski definition) is 1. The van der Waals surface area contributed by atoms with Crippen molar-refractivity contribution in [2.45, 2.75) is 6.92 Å². The Balaban J connectivity index is 2.05. The van der Waals surface area contributed by atoms with Crippen LogP contribution in [0.1, 0.15) is 5.56 Å². The molecule has 0 heterocycles. The molecule has 2 aromatic rings. The Morgan fingerprint density at radius 1 is 1.16 bits per heavy atom. The first-order valence-corrected chi connectivity index (χ1v) is 7.10. The molecule has 0 saturated carbocycles. The van der Waals surface area contributed by atoms with Crippen molar-refractivity contribution in [1.82, 2.24) is 0 Å². The van der Waals surface area contributed by atoms with E-state index in [0.29, 0.717) is 10.7 Å². The molecule has 3 nitrogen and oxygen atoms in total. The van der Waals surface area contributed by atoms with Gasteiger partial charge in [0.05, 0.1) is 10.7 Å². The lowest BCUT2D eigenvalue weighted by Crippen LogP contribution is -2.19. The van der Waals surface area contributed by atoms with Crippen LogP contribution in [0.2, 0.25) is 5.02 Å². The summed E-state index contributed by atoms with van der Waals surface area (Å²) in [4.78, 5) is 11.8. The summed E-state index contributed by atoms with van der Waals surface area (Å²) in [6.45, 7) is 1.97. The lowest BCUT2D eigenvalue weighted by atomic mass is 10.2. The standard InChI is InChI=1S/C14H12ClIN2O/c1-9-3-2-4-11(7-9)17-14(19)18-13-6-5-10(16)8-12(13)15/h2-8H,1H3,(H2,17,18,19). The number of anilines is 2. The lowest BCUT2D eigenvalue weighted by molar-refractivity contribution is 0.262. The van der Waals surface area contributed by atoms with Gasteiger partial charge in [0.15, 0.2) is 0 Å². The smallest absolute Gasteiger partial charge is 0.308 e. The highest BCUT2D eigenvalue weighted by Crippen LogP contribution is 2.24. The molecule has 0 atom stereocenters. The fourth-order valence-corrected chi connectivity index (χ4v) is 2.50. The Hall–Kier alpha value is -1.27. The van der Waals surface area contributed by atoms with E-state index in [1.807, 2.05) is 37.3 Å². The molecule has 0 spiro atoms. The van der Waals surface area contributed by atoms with Crippen LogP contribution in [0.25, 0.3) is 0 Å². The number of halogens is 2. The van der Waals surface area contributed by atoms with E-state index in [1.165, 1.54) is 0 Å². The molecule has 0 bridgehead atoms. The fourth-order valence-electron chi connectivity index (χ4n) is 1.60. The molecular weight excluding hydrogens is 375 g/mol. The maximum atomic E-state index is 11.8. The molecular formula is C14H12ClIN2O.